The fraction of sp³-hybridized carbons (Fsp3) is 0.0625. The SMILES string of the molecule is O=[N+]([O-])c1cccc(-c2cc(Cc3ccccc3)n[nH]2)c1. The fourth-order valence-corrected chi connectivity index (χ4v) is 2.19. The predicted octanol–water partition coefficient (Wildman–Crippen LogP) is 3.58. The normalized spacial score (nSPS) is 10.5. The quantitative estimate of drug-likeness (QED) is 0.586. The number of hydrogen-bond donors (Lipinski definition) is 1. The Hall–Kier alpha value is -2.95. The van der Waals surface area contributed by atoms with E-state index in [2.05, 4.69) is 10.2 Å². The van der Waals surface area contributed by atoms with E-state index < -0.39 is 4.92 Å². The average molecular weight is 279 g/mol. The standard InChI is InChI=1S/C16H13N3O2/c20-19(21)15-8-4-7-13(10-15)16-11-14(17-18-16)9-12-5-2-1-3-6-12/h1-8,10-11H,9H2,(H,17,18). The highest BCUT2D eigenvalue weighted by Gasteiger charge is 2.09. The first-order chi connectivity index (χ1) is 10.2. The van der Waals surface area contributed by atoms with Gasteiger partial charge in [-0.25, -0.2) is 0 Å². The minimum Gasteiger partial charge on any atom is -0.278 e. The Balaban J connectivity index is 1.85. The summed E-state index contributed by atoms with van der Waals surface area (Å²) in [4.78, 5) is 10.4. The molecule has 0 radical (unpaired) electrons. The van der Waals surface area contributed by atoms with E-state index in [-0.39, 0.29) is 5.69 Å². The van der Waals surface area contributed by atoms with Crippen molar-refractivity contribution in [1.82, 2.24) is 10.2 Å². The van der Waals surface area contributed by atoms with Gasteiger partial charge in [-0.1, -0.05) is 42.5 Å². The lowest BCUT2D eigenvalue weighted by molar-refractivity contribution is -0.384. The van der Waals surface area contributed by atoms with E-state index in [1.807, 2.05) is 42.5 Å². The Morgan fingerprint density at radius 3 is 2.62 bits per heavy atom. The maximum Gasteiger partial charge on any atom is 0.270 e. The van der Waals surface area contributed by atoms with Gasteiger partial charge in [0, 0.05) is 24.1 Å². The van der Waals surface area contributed by atoms with Crippen molar-refractivity contribution in [2.45, 2.75) is 6.42 Å². The lowest BCUT2D eigenvalue weighted by Crippen LogP contribution is -1.88. The molecule has 1 aromatic heterocycles. The van der Waals surface area contributed by atoms with Gasteiger partial charge in [-0.3, -0.25) is 15.2 Å². The number of benzene rings is 2. The molecule has 0 atom stereocenters. The lowest BCUT2D eigenvalue weighted by atomic mass is 10.1. The molecule has 21 heavy (non-hydrogen) atoms. The summed E-state index contributed by atoms with van der Waals surface area (Å²) >= 11 is 0. The molecule has 0 saturated carbocycles. The molecule has 0 amide bonds. The van der Waals surface area contributed by atoms with Gasteiger partial charge in [0.15, 0.2) is 0 Å². The molecule has 5 heteroatoms. The molecule has 0 aliphatic carbocycles. The molecule has 0 spiro atoms. The van der Waals surface area contributed by atoms with Gasteiger partial charge in [0.05, 0.1) is 16.3 Å². The maximum atomic E-state index is 10.8. The molecule has 5 nitrogen and oxygen atoms in total. The summed E-state index contributed by atoms with van der Waals surface area (Å²) in [7, 11) is 0. The number of nitrogens with zero attached hydrogens (tertiary/aromatic N) is 2. The van der Waals surface area contributed by atoms with Gasteiger partial charge in [0.1, 0.15) is 0 Å². The molecule has 0 saturated heterocycles. The fourth-order valence-electron chi connectivity index (χ4n) is 2.19. The molecule has 3 rings (SSSR count). The zero-order chi connectivity index (χ0) is 14.7. The molecule has 3 aromatic rings. The van der Waals surface area contributed by atoms with Crippen LogP contribution in [0, 0.1) is 10.1 Å². The molecule has 0 unspecified atom stereocenters. The van der Waals surface area contributed by atoms with Crippen LogP contribution in [0.15, 0.2) is 60.7 Å². The molecule has 0 aliphatic heterocycles. The number of aromatic nitrogens is 2. The minimum atomic E-state index is -0.398. The molecule has 1 N–H and O–H groups in total. The second-order valence-electron chi connectivity index (χ2n) is 4.74. The summed E-state index contributed by atoms with van der Waals surface area (Å²) in [6, 6.07) is 18.5. The number of nitro benzene ring substituents is 1. The van der Waals surface area contributed by atoms with Crippen LogP contribution < -0.4 is 0 Å². The number of nitrogens with one attached hydrogen (secondary N) is 1. The van der Waals surface area contributed by atoms with Crippen LogP contribution in [0.25, 0.3) is 11.3 Å². The highest BCUT2D eigenvalue weighted by Crippen LogP contribution is 2.23. The van der Waals surface area contributed by atoms with Crippen molar-refractivity contribution >= 4 is 5.69 Å². The van der Waals surface area contributed by atoms with Gasteiger partial charge >= 0.3 is 0 Å². The number of aromatic amines is 1. The molecule has 0 aliphatic rings. The molecular weight excluding hydrogens is 266 g/mol. The van der Waals surface area contributed by atoms with Crippen LogP contribution in [0.1, 0.15) is 11.3 Å². The van der Waals surface area contributed by atoms with Gasteiger partial charge < -0.3 is 0 Å². The van der Waals surface area contributed by atoms with E-state index in [0.29, 0.717) is 0 Å². The monoisotopic (exact) mass is 279 g/mol. The summed E-state index contributed by atoms with van der Waals surface area (Å²) in [5, 5.41) is 18.0. The van der Waals surface area contributed by atoms with Gasteiger partial charge in [0.2, 0.25) is 0 Å². The van der Waals surface area contributed by atoms with Crippen LogP contribution in [-0.2, 0) is 6.42 Å². The van der Waals surface area contributed by atoms with Crippen molar-refractivity contribution < 1.29 is 4.92 Å². The summed E-state index contributed by atoms with van der Waals surface area (Å²) in [5.74, 6) is 0. The molecular formula is C16H13N3O2. The number of hydrogen-bond acceptors (Lipinski definition) is 3. The van der Waals surface area contributed by atoms with Crippen LogP contribution in [-0.4, -0.2) is 15.1 Å². The average Bonchev–Trinajstić information content (AvgIpc) is 2.97. The third-order valence-corrected chi connectivity index (χ3v) is 3.23. The van der Waals surface area contributed by atoms with E-state index >= 15 is 0 Å². The third-order valence-electron chi connectivity index (χ3n) is 3.23. The molecule has 104 valence electrons. The lowest BCUT2D eigenvalue weighted by Gasteiger charge is -1.97. The predicted molar refractivity (Wildman–Crippen MR) is 79.9 cm³/mol. The zero-order valence-corrected chi connectivity index (χ0v) is 11.2. The first-order valence-electron chi connectivity index (χ1n) is 6.55. The first-order valence-corrected chi connectivity index (χ1v) is 6.55. The van der Waals surface area contributed by atoms with E-state index in [4.69, 9.17) is 0 Å². The Labute approximate surface area is 121 Å². The first kappa shape index (κ1) is 13.1. The van der Waals surface area contributed by atoms with Crippen molar-refractivity contribution in [2.24, 2.45) is 0 Å². The number of H-pyrrole nitrogens is 1. The minimum absolute atomic E-state index is 0.0757. The Bertz CT molecular complexity index is 766. The molecule has 2 aromatic carbocycles. The van der Waals surface area contributed by atoms with Crippen LogP contribution in [0.5, 0.6) is 0 Å². The Morgan fingerprint density at radius 1 is 1.05 bits per heavy atom. The highest BCUT2D eigenvalue weighted by atomic mass is 16.6. The van der Waals surface area contributed by atoms with Crippen molar-refractivity contribution in [3.05, 3.63) is 82.0 Å². The number of rotatable bonds is 4. The van der Waals surface area contributed by atoms with E-state index in [0.717, 1.165) is 23.4 Å². The summed E-state index contributed by atoms with van der Waals surface area (Å²) in [6.45, 7) is 0. The summed E-state index contributed by atoms with van der Waals surface area (Å²) < 4.78 is 0. The van der Waals surface area contributed by atoms with Gasteiger partial charge in [0.25, 0.3) is 5.69 Å². The van der Waals surface area contributed by atoms with Gasteiger partial charge in [-0.15, -0.1) is 0 Å². The van der Waals surface area contributed by atoms with E-state index in [1.54, 1.807) is 12.1 Å². The summed E-state index contributed by atoms with van der Waals surface area (Å²) in [6.07, 6.45) is 0.728. The largest absolute Gasteiger partial charge is 0.278 e. The van der Waals surface area contributed by atoms with E-state index in [1.165, 1.54) is 11.6 Å². The zero-order valence-electron chi connectivity index (χ0n) is 11.2. The van der Waals surface area contributed by atoms with Crippen molar-refractivity contribution in [2.75, 3.05) is 0 Å². The van der Waals surface area contributed by atoms with Crippen molar-refractivity contribution in [1.29, 1.82) is 0 Å². The van der Waals surface area contributed by atoms with Crippen molar-refractivity contribution in [3.8, 4) is 11.3 Å². The van der Waals surface area contributed by atoms with Crippen LogP contribution in [0.2, 0.25) is 0 Å². The molecule has 1 heterocycles. The molecule has 0 fully saturated rings. The highest BCUT2D eigenvalue weighted by molar-refractivity contribution is 5.62. The maximum absolute atomic E-state index is 10.8. The van der Waals surface area contributed by atoms with Crippen molar-refractivity contribution in [3.63, 3.8) is 0 Å². The van der Waals surface area contributed by atoms with Crippen LogP contribution >= 0.6 is 0 Å². The second kappa shape index (κ2) is 5.58. The third kappa shape index (κ3) is 2.97. The van der Waals surface area contributed by atoms with Gasteiger partial charge in [-0.2, -0.15) is 5.10 Å². The van der Waals surface area contributed by atoms with Crippen LogP contribution in [0.4, 0.5) is 5.69 Å². The van der Waals surface area contributed by atoms with Crippen LogP contribution in [0.3, 0.4) is 0 Å². The summed E-state index contributed by atoms with van der Waals surface area (Å²) in [5.41, 5.74) is 3.70. The number of nitro groups is 1. The smallest absolute Gasteiger partial charge is 0.270 e. The van der Waals surface area contributed by atoms with Gasteiger partial charge in [-0.05, 0) is 11.6 Å². The second-order valence-corrected chi connectivity index (χ2v) is 4.74. The Morgan fingerprint density at radius 2 is 1.86 bits per heavy atom. The Kier molecular flexibility index (Phi) is 3.47. The number of non-ortho nitro benzene ring substituents is 1. The molecule has 0 bridgehead atoms. The van der Waals surface area contributed by atoms with E-state index in [9.17, 15) is 10.1 Å². The topological polar surface area (TPSA) is 71.8 Å².